The first-order valence-corrected chi connectivity index (χ1v) is 5.20. The third-order valence-corrected chi connectivity index (χ3v) is 2.51. The van der Waals surface area contributed by atoms with Crippen molar-refractivity contribution in [3.05, 3.63) is 12.4 Å². The fourth-order valence-corrected chi connectivity index (χ4v) is 1.76. The summed E-state index contributed by atoms with van der Waals surface area (Å²) < 4.78 is 7.60. The molecule has 78 valence electrons. The number of hydrogen-bond acceptors (Lipinski definition) is 3. The van der Waals surface area contributed by atoms with Gasteiger partial charge in [0.1, 0.15) is 6.10 Å². The standard InChI is InChI=1S/C10H17N3O/c1-13-8-10(7-12-13)14-9-3-2-5-11-6-4-9/h7-9,11H,2-6H2,1H3. The molecule has 1 aliphatic heterocycles. The highest BCUT2D eigenvalue weighted by molar-refractivity contribution is 5.11. The summed E-state index contributed by atoms with van der Waals surface area (Å²) in [6.45, 7) is 2.18. The molecule has 1 aliphatic rings. The SMILES string of the molecule is Cn1cc(OC2CCCNCC2)cn1. The van der Waals surface area contributed by atoms with Gasteiger partial charge in [-0.05, 0) is 32.4 Å². The van der Waals surface area contributed by atoms with E-state index < -0.39 is 0 Å². The van der Waals surface area contributed by atoms with Gasteiger partial charge in [0.05, 0.1) is 12.4 Å². The largest absolute Gasteiger partial charge is 0.487 e. The molecular formula is C10H17N3O. The van der Waals surface area contributed by atoms with Crippen LogP contribution in [0.15, 0.2) is 12.4 Å². The van der Waals surface area contributed by atoms with Gasteiger partial charge in [-0.3, -0.25) is 4.68 Å². The first-order chi connectivity index (χ1) is 6.84. The van der Waals surface area contributed by atoms with E-state index in [0.29, 0.717) is 6.10 Å². The minimum absolute atomic E-state index is 0.356. The van der Waals surface area contributed by atoms with Crippen LogP contribution in [0.2, 0.25) is 0 Å². The van der Waals surface area contributed by atoms with E-state index in [4.69, 9.17) is 4.74 Å². The molecule has 2 rings (SSSR count). The molecule has 4 nitrogen and oxygen atoms in total. The summed E-state index contributed by atoms with van der Waals surface area (Å²) in [5.41, 5.74) is 0. The van der Waals surface area contributed by atoms with E-state index >= 15 is 0 Å². The van der Waals surface area contributed by atoms with Gasteiger partial charge in [-0.2, -0.15) is 5.10 Å². The highest BCUT2D eigenvalue weighted by Crippen LogP contribution is 2.15. The van der Waals surface area contributed by atoms with E-state index in [1.165, 1.54) is 6.42 Å². The van der Waals surface area contributed by atoms with Crippen LogP contribution < -0.4 is 10.1 Å². The van der Waals surface area contributed by atoms with E-state index in [2.05, 4.69) is 10.4 Å². The van der Waals surface area contributed by atoms with Crippen molar-refractivity contribution < 1.29 is 4.74 Å². The first-order valence-electron chi connectivity index (χ1n) is 5.20. The highest BCUT2D eigenvalue weighted by Gasteiger charge is 2.13. The van der Waals surface area contributed by atoms with Crippen molar-refractivity contribution in [1.82, 2.24) is 15.1 Å². The Morgan fingerprint density at radius 2 is 2.43 bits per heavy atom. The number of nitrogens with one attached hydrogen (secondary N) is 1. The zero-order valence-corrected chi connectivity index (χ0v) is 8.57. The van der Waals surface area contributed by atoms with Crippen LogP contribution in [0, 0.1) is 0 Å². The topological polar surface area (TPSA) is 39.1 Å². The van der Waals surface area contributed by atoms with Crippen molar-refractivity contribution >= 4 is 0 Å². The average molecular weight is 195 g/mol. The van der Waals surface area contributed by atoms with Crippen LogP contribution in [0.5, 0.6) is 5.75 Å². The first kappa shape index (κ1) is 9.52. The summed E-state index contributed by atoms with van der Waals surface area (Å²) in [5, 5.41) is 7.45. The molecule has 1 fully saturated rings. The molecule has 0 radical (unpaired) electrons. The Balaban J connectivity index is 1.89. The Bertz CT molecular complexity index is 277. The molecule has 1 saturated heterocycles. The van der Waals surface area contributed by atoms with Crippen molar-refractivity contribution in [3.63, 3.8) is 0 Å². The van der Waals surface area contributed by atoms with E-state index in [0.717, 1.165) is 31.7 Å². The lowest BCUT2D eigenvalue weighted by Crippen LogP contribution is -2.19. The predicted octanol–water partition coefficient (Wildman–Crippen LogP) is 0.941. The molecule has 1 atom stereocenters. The summed E-state index contributed by atoms with van der Waals surface area (Å²) in [6, 6.07) is 0. The van der Waals surface area contributed by atoms with Gasteiger partial charge in [-0.1, -0.05) is 0 Å². The maximum Gasteiger partial charge on any atom is 0.157 e. The second-order valence-electron chi connectivity index (χ2n) is 3.77. The molecule has 0 saturated carbocycles. The van der Waals surface area contributed by atoms with Gasteiger partial charge >= 0.3 is 0 Å². The van der Waals surface area contributed by atoms with Crippen molar-refractivity contribution in [1.29, 1.82) is 0 Å². The van der Waals surface area contributed by atoms with E-state index in [1.807, 2.05) is 13.2 Å². The highest BCUT2D eigenvalue weighted by atomic mass is 16.5. The van der Waals surface area contributed by atoms with Crippen molar-refractivity contribution in [3.8, 4) is 5.75 Å². The van der Waals surface area contributed by atoms with Crippen LogP contribution in [-0.2, 0) is 7.05 Å². The third-order valence-electron chi connectivity index (χ3n) is 2.51. The van der Waals surface area contributed by atoms with E-state index in [9.17, 15) is 0 Å². The second kappa shape index (κ2) is 4.46. The van der Waals surface area contributed by atoms with Crippen molar-refractivity contribution in [2.75, 3.05) is 13.1 Å². The molecule has 0 spiro atoms. The molecule has 14 heavy (non-hydrogen) atoms. The normalized spacial score (nSPS) is 23.1. The molecule has 2 heterocycles. The number of ether oxygens (including phenoxy) is 1. The molecule has 1 N–H and O–H groups in total. The summed E-state index contributed by atoms with van der Waals surface area (Å²) in [5.74, 6) is 0.888. The maximum absolute atomic E-state index is 5.83. The van der Waals surface area contributed by atoms with Crippen LogP contribution in [0.3, 0.4) is 0 Å². The smallest absolute Gasteiger partial charge is 0.157 e. The number of rotatable bonds is 2. The Kier molecular flexibility index (Phi) is 3.03. The van der Waals surface area contributed by atoms with E-state index in [1.54, 1.807) is 10.9 Å². The quantitative estimate of drug-likeness (QED) is 0.763. The summed E-state index contributed by atoms with van der Waals surface area (Å²) in [4.78, 5) is 0. The Labute approximate surface area is 84.3 Å². The van der Waals surface area contributed by atoms with Crippen LogP contribution in [0.1, 0.15) is 19.3 Å². The van der Waals surface area contributed by atoms with Crippen LogP contribution in [-0.4, -0.2) is 29.0 Å². The minimum Gasteiger partial charge on any atom is -0.487 e. The molecular weight excluding hydrogens is 178 g/mol. The second-order valence-corrected chi connectivity index (χ2v) is 3.77. The lowest BCUT2D eigenvalue weighted by atomic mass is 10.2. The van der Waals surface area contributed by atoms with E-state index in [-0.39, 0.29) is 0 Å². The van der Waals surface area contributed by atoms with Crippen molar-refractivity contribution in [2.45, 2.75) is 25.4 Å². The Hall–Kier alpha value is -1.03. The number of hydrogen-bond donors (Lipinski definition) is 1. The lowest BCUT2D eigenvalue weighted by Gasteiger charge is -2.14. The zero-order valence-electron chi connectivity index (χ0n) is 8.57. The molecule has 4 heteroatoms. The van der Waals surface area contributed by atoms with Crippen LogP contribution in [0.25, 0.3) is 0 Å². The molecule has 1 aromatic heterocycles. The molecule has 0 aliphatic carbocycles. The Morgan fingerprint density at radius 1 is 1.50 bits per heavy atom. The number of nitrogens with zero attached hydrogens (tertiary/aromatic N) is 2. The molecule has 0 aromatic carbocycles. The summed E-state index contributed by atoms with van der Waals surface area (Å²) in [6.07, 6.45) is 7.48. The average Bonchev–Trinajstić information content (AvgIpc) is 2.43. The van der Waals surface area contributed by atoms with Crippen molar-refractivity contribution in [2.24, 2.45) is 7.05 Å². The monoisotopic (exact) mass is 195 g/mol. The molecule has 0 amide bonds. The fraction of sp³-hybridized carbons (Fsp3) is 0.700. The van der Waals surface area contributed by atoms with Crippen LogP contribution >= 0.6 is 0 Å². The molecule has 0 bridgehead atoms. The Morgan fingerprint density at radius 3 is 3.21 bits per heavy atom. The number of aryl methyl sites for hydroxylation is 1. The van der Waals surface area contributed by atoms with Gasteiger partial charge in [0, 0.05) is 7.05 Å². The summed E-state index contributed by atoms with van der Waals surface area (Å²) in [7, 11) is 1.90. The van der Waals surface area contributed by atoms with Crippen LogP contribution in [0.4, 0.5) is 0 Å². The predicted molar refractivity (Wildman–Crippen MR) is 54.3 cm³/mol. The molecule has 1 aromatic rings. The minimum atomic E-state index is 0.356. The zero-order chi connectivity index (χ0) is 9.80. The van der Waals surface area contributed by atoms with Gasteiger partial charge in [-0.15, -0.1) is 0 Å². The van der Waals surface area contributed by atoms with Gasteiger partial charge in [-0.25, -0.2) is 0 Å². The summed E-state index contributed by atoms with van der Waals surface area (Å²) >= 11 is 0. The maximum atomic E-state index is 5.83. The fourth-order valence-electron chi connectivity index (χ4n) is 1.76. The van der Waals surface area contributed by atoms with Gasteiger partial charge in [0.2, 0.25) is 0 Å². The number of aromatic nitrogens is 2. The lowest BCUT2D eigenvalue weighted by molar-refractivity contribution is 0.187. The van der Waals surface area contributed by atoms with Gasteiger partial charge < -0.3 is 10.1 Å². The third kappa shape index (κ3) is 2.48. The van der Waals surface area contributed by atoms with Gasteiger partial charge in [0.15, 0.2) is 5.75 Å². The van der Waals surface area contributed by atoms with Gasteiger partial charge in [0.25, 0.3) is 0 Å². The molecule has 1 unspecified atom stereocenters.